The van der Waals surface area contributed by atoms with Crippen molar-refractivity contribution in [3.63, 3.8) is 0 Å². The standard InChI is InChI=1S/C29H41N7O6S/c1-43-15-13-23(27(40)36-24(28(41)42)17-18-6-3-2-4-7-18)35-26(39)22(8-5-14-33-29(31)32)34-25(38)21(30)16-19-9-11-20(37)12-10-19/h2-4,6-7,9-12,21-24,37H,5,8,13-17,30H2,1H3,(H,34,38)(H,35,39)(H,36,40)(H,41,42)(H4,31,32,33). The zero-order valence-electron chi connectivity index (χ0n) is 24.1. The Hall–Kier alpha value is -4.30. The minimum Gasteiger partial charge on any atom is -0.508 e. The molecule has 0 saturated heterocycles. The van der Waals surface area contributed by atoms with E-state index in [0.29, 0.717) is 17.7 Å². The van der Waals surface area contributed by atoms with Crippen molar-refractivity contribution >= 4 is 41.4 Å². The van der Waals surface area contributed by atoms with Gasteiger partial charge in [0.15, 0.2) is 5.96 Å². The number of carboxylic acid groups (broad SMARTS) is 1. The summed E-state index contributed by atoms with van der Waals surface area (Å²) in [6.07, 6.45) is 2.77. The van der Waals surface area contributed by atoms with Crippen LogP contribution in [0.25, 0.3) is 0 Å². The number of nitrogens with two attached hydrogens (primary N) is 3. The highest BCUT2D eigenvalue weighted by Gasteiger charge is 2.30. The van der Waals surface area contributed by atoms with Gasteiger partial charge in [0.2, 0.25) is 17.7 Å². The number of phenolic OH excluding ortho intramolecular Hbond substituents is 1. The number of aromatic hydroxyl groups is 1. The van der Waals surface area contributed by atoms with Gasteiger partial charge in [-0.2, -0.15) is 11.8 Å². The third-order valence-electron chi connectivity index (χ3n) is 6.45. The molecule has 2 aromatic rings. The highest BCUT2D eigenvalue weighted by atomic mass is 32.2. The quantitative estimate of drug-likeness (QED) is 0.0627. The molecule has 43 heavy (non-hydrogen) atoms. The maximum atomic E-state index is 13.4. The van der Waals surface area contributed by atoms with E-state index in [0.717, 1.165) is 5.56 Å². The molecular weight excluding hydrogens is 574 g/mol. The van der Waals surface area contributed by atoms with Crippen LogP contribution < -0.4 is 33.2 Å². The van der Waals surface area contributed by atoms with Crippen molar-refractivity contribution in [2.24, 2.45) is 22.2 Å². The summed E-state index contributed by atoms with van der Waals surface area (Å²) >= 11 is 1.46. The van der Waals surface area contributed by atoms with E-state index < -0.39 is 47.9 Å². The Morgan fingerprint density at radius 2 is 1.37 bits per heavy atom. The molecule has 0 spiro atoms. The number of carboxylic acids is 1. The Morgan fingerprint density at radius 1 is 0.814 bits per heavy atom. The smallest absolute Gasteiger partial charge is 0.326 e. The van der Waals surface area contributed by atoms with Gasteiger partial charge in [0, 0.05) is 13.0 Å². The van der Waals surface area contributed by atoms with Crippen LogP contribution in [-0.4, -0.2) is 82.6 Å². The van der Waals surface area contributed by atoms with Gasteiger partial charge in [-0.3, -0.25) is 19.4 Å². The van der Waals surface area contributed by atoms with Gasteiger partial charge in [0.1, 0.15) is 23.9 Å². The van der Waals surface area contributed by atoms with Crippen molar-refractivity contribution in [3.05, 3.63) is 65.7 Å². The molecule has 0 bridgehead atoms. The van der Waals surface area contributed by atoms with E-state index in [-0.39, 0.29) is 43.9 Å². The predicted octanol–water partition coefficient (Wildman–Crippen LogP) is -0.150. The number of amides is 3. The Balaban J connectivity index is 2.15. The van der Waals surface area contributed by atoms with Gasteiger partial charge in [-0.25, -0.2) is 4.79 Å². The molecule has 11 N–H and O–H groups in total. The minimum atomic E-state index is -1.21. The summed E-state index contributed by atoms with van der Waals surface area (Å²) in [5, 5.41) is 27.1. The number of carbonyl (C=O) groups excluding carboxylic acids is 3. The summed E-state index contributed by atoms with van der Waals surface area (Å²) in [4.78, 5) is 55.5. The first-order valence-corrected chi connectivity index (χ1v) is 15.1. The van der Waals surface area contributed by atoms with Crippen molar-refractivity contribution in [1.29, 1.82) is 0 Å². The fourth-order valence-corrected chi connectivity index (χ4v) is 4.60. The molecule has 0 saturated carbocycles. The molecule has 0 radical (unpaired) electrons. The monoisotopic (exact) mass is 615 g/mol. The molecule has 3 amide bonds. The molecule has 234 valence electrons. The van der Waals surface area contributed by atoms with Crippen LogP contribution in [0.15, 0.2) is 59.6 Å². The topological polar surface area (TPSA) is 235 Å². The molecule has 0 aromatic heterocycles. The average molecular weight is 616 g/mol. The molecule has 14 heteroatoms. The SMILES string of the molecule is CSCCC(NC(=O)C(CCCN=C(N)N)NC(=O)C(N)Cc1ccc(O)cc1)C(=O)NC(Cc1ccccc1)C(=O)O. The van der Waals surface area contributed by atoms with Gasteiger partial charge in [-0.15, -0.1) is 0 Å². The summed E-state index contributed by atoms with van der Waals surface area (Å²) in [6.45, 7) is 0.206. The molecule has 0 aliphatic carbocycles. The number of rotatable bonds is 18. The van der Waals surface area contributed by atoms with E-state index in [1.54, 1.807) is 42.5 Å². The van der Waals surface area contributed by atoms with Crippen LogP contribution in [0, 0.1) is 0 Å². The number of hydrogen-bond donors (Lipinski definition) is 8. The fourth-order valence-electron chi connectivity index (χ4n) is 4.13. The summed E-state index contributed by atoms with van der Waals surface area (Å²) in [5.41, 5.74) is 18.3. The highest BCUT2D eigenvalue weighted by Crippen LogP contribution is 2.12. The van der Waals surface area contributed by atoms with Gasteiger partial charge < -0.3 is 43.4 Å². The lowest BCUT2D eigenvalue weighted by atomic mass is 10.0. The van der Waals surface area contributed by atoms with E-state index in [2.05, 4.69) is 20.9 Å². The van der Waals surface area contributed by atoms with Gasteiger partial charge in [0.25, 0.3) is 0 Å². The third kappa shape index (κ3) is 13.0. The minimum absolute atomic E-state index is 0.0630. The molecule has 4 atom stereocenters. The van der Waals surface area contributed by atoms with Gasteiger partial charge >= 0.3 is 5.97 Å². The first kappa shape index (κ1) is 34.9. The molecule has 0 aliphatic rings. The maximum absolute atomic E-state index is 13.4. The Kier molecular flexibility index (Phi) is 14.8. The van der Waals surface area contributed by atoms with Gasteiger partial charge in [-0.1, -0.05) is 42.5 Å². The first-order valence-electron chi connectivity index (χ1n) is 13.8. The lowest BCUT2D eigenvalue weighted by molar-refractivity contribution is -0.142. The highest BCUT2D eigenvalue weighted by molar-refractivity contribution is 7.98. The molecule has 0 heterocycles. The number of guanidine groups is 1. The van der Waals surface area contributed by atoms with E-state index in [1.165, 1.54) is 23.9 Å². The number of phenols is 1. The number of thioether (sulfide) groups is 1. The van der Waals surface area contributed by atoms with Crippen molar-refractivity contribution in [3.8, 4) is 5.75 Å². The van der Waals surface area contributed by atoms with Gasteiger partial charge in [-0.05, 0) is 61.0 Å². The lowest BCUT2D eigenvalue weighted by Crippen LogP contribution is -2.57. The fraction of sp³-hybridized carbons (Fsp3) is 0.414. The van der Waals surface area contributed by atoms with E-state index in [4.69, 9.17) is 17.2 Å². The van der Waals surface area contributed by atoms with Crippen LogP contribution in [0.3, 0.4) is 0 Å². The average Bonchev–Trinajstić information content (AvgIpc) is 2.97. The second-order valence-electron chi connectivity index (χ2n) is 9.92. The second kappa shape index (κ2) is 18.3. The number of benzene rings is 2. The van der Waals surface area contributed by atoms with E-state index in [9.17, 15) is 29.4 Å². The van der Waals surface area contributed by atoms with Crippen LogP contribution in [0.2, 0.25) is 0 Å². The normalized spacial score (nSPS) is 13.5. The Morgan fingerprint density at radius 3 is 1.95 bits per heavy atom. The van der Waals surface area contributed by atoms with Crippen LogP contribution >= 0.6 is 11.8 Å². The molecule has 2 aromatic carbocycles. The summed E-state index contributed by atoms with van der Waals surface area (Å²) in [6, 6.07) is 10.8. The van der Waals surface area contributed by atoms with Crippen LogP contribution in [0.4, 0.5) is 0 Å². The maximum Gasteiger partial charge on any atom is 0.326 e. The first-order chi connectivity index (χ1) is 20.5. The molecule has 2 rings (SSSR count). The van der Waals surface area contributed by atoms with Crippen molar-refractivity contribution < 1.29 is 29.4 Å². The number of nitrogens with zero attached hydrogens (tertiary/aromatic N) is 1. The van der Waals surface area contributed by atoms with Crippen molar-refractivity contribution in [2.45, 2.75) is 56.3 Å². The predicted molar refractivity (Wildman–Crippen MR) is 166 cm³/mol. The number of hydrogen-bond acceptors (Lipinski definition) is 8. The Labute approximate surface area is 255 Å². The third-order valence-corrected chi connectivity index (χ3v) is 7.09. The van der Waals surface area contributed by atoms with Crippen molar-refractivity contribution in [2.75, 3.05) is 18.6 Å². The largest absolute Gasteiger partial charge is 0.508 e. The number of aliphatic imine (C=N–C) groups is 1. The van der Waals surface area contributed by atoms with Crippen LogP contribution in [0.1, 0.15) is 30.4 Å². The molecular formula is C29H41N7O6S. The molecule has 13 nitrogen and oxygen atoms in total. The number of carbonyl (C=O) groups is 4. The zero-order valence-corrected chi connectivity index (χ0v) is 24.9. The lowest BCUT2D eigenvalue weighted by Gasteiger charge is -2.25. The van der Waals surface area contributed by atoms with E-state index >= 15 is 0 Å². The summed E-state index contributed by atoms with van der Waals surface area (Å²) in [5.74, 6) is -2.61. The Bertz CT molecular complexity index is 1230. The number of aliphatic carboxylic acids is 1. The summed E-state index contributed by atoms with van der Waals surface area (Å²) in [7, 11) is 0. The molecule has 0 aliphatic heterocycles. The second-order valence-corrected chi connectivity index (χ2v) is 10.9. The van der Waals surface area contributed by atoms with Gasteiger partial charge in [0.05, 0.1) is 6.04 Å². The summed E-state index contributed by atoms with van der Waals surface area (Å²) < 4.78 is 0. The zero-order chi connectivity index (χ0) is 31.8. The number of nitrogens with one attached hydrogen (secondary N) is 3. The molecule has 4 unspecified atom stereocenters. The van der Waals surface area contributed by atoms with Crippen LogP contribution in [-0.2, 0) is 32.0 Å². The van der Waals surface area contributed by atoms with Crippen LogP contribution in [0.5, 0.6) is 5.75 Å². The molecule has 0 fully saturated rings. The van der Waals surface area contributed by atoms with E-state index in [1.807, 2.05) is 6.26 Å². The van der Waals surface area contributed by atoms with Crippen molar-refractivity contribution in [1.82, 2.24) is 16.0 Å².